The van der Waals surface area contributed by atoms with Gasteiger partial charge in [0.25, 0.3) is 0 Å². The summed E-state index contributed by atoms with van der Waals surface area (Å²) in [4.78, 5) is 13.3. The van der Waals surface area contributed by atoms with Crippen molar-refractivity contribution in [1.29, 1.82) is 0 Å². The summed E-state index contributed by atoms with van der Waals surface area (Å²) in [5.41, 5.74) is 0.0716. The van der Waals surface area contributed by atoms with Crippen LogP contribution in [0.5, 0.6) is 0 Å². The van der Waals surface area contributed by atoms with E-state index in [1.165, 1.54) is 0 Å². The molecule has 1 N–H and O–H groups in total. The first-order chi connectivity index (χ1) is 5.55. The quantitative estimate of drug-likeness (QED) is 0.625. The van der Waals surface area contributed by atoms with Crippen molar-refractivity contribution < 1.29 is 4.79 Å². The minimum atomic E-state index is 0.0716. The highest BCUT2D eigenvalue weighted by Crippen LogP contribution is 2.10. The molecule has 0 aromatic heterocycles. The molecule has 1 heterocycles. The van der Waals surface area contributed by atoms with Crippen molar-refractivity contribution in [1.82, 2.24) is 10.2 Å². The fraction of sp³-hybridized carbons (Fsp3) is 0.889. The Balaban J connectivity index is 2.65. The fourth-order valence-electron chi connectivity index (χ4n) is 1.58. The maximum atomic E-state index is 11.4. The second-order valence-corrected chi connectivity index (χ2v) is 3.97. The number of amides is 1. The average molecular weight is 170 g/mol. The first-order valence-corrected chi connectivity index (χ1v) is 4.58. The molecule has 0 bridgehead atoms. The highest BCUT2D eigenvalue weighted by atomic mass is 16.2. The van der Waals surface area contributed by atoms with Gasteiger partial charge in [-0.2, -0.15) is 0 Å². The Morgan fingerprint density at radius 2 is 2.25 bits per heavy atom. The van der Waals surface area contributed by atoms with E-state index in [1.807, 2.05) is 11.8 Å². The number of nitrogens with zero attached hydrogens (tertiary/aromatic N) is 1. The lowest BCUT2D eigenvalue weighted by Crippen LogP contribution is -2.47. The maximum Gasteiger partial charge on any atom is 0.223 e. The van der Waals surface area contributed by atoms with Crippen LogP contribution in [-0.4, -0.2) is 36.0 Å². The molecule has 0 radical (unpaired) electrons. The normalized spacial score (nSPS) is 23.9. The number of hydrogen-bond acceptors (Lipinski definition) is 2. The van der Waals surface area contributed by atoms with E-state index in [2.05, 4.69) is 19.2 Å². The van der Waals surface area contributed by atoms with Crippen LogP contribution < -0.4 is 5.32 Å². The molecule has 0 spiro atoms. The van der Waals surface area contributed by atoms with Gasteiger partial charge in [0.1, 0.15) is 0 Å². The van der Waals surface area contributed by atoms with Crippen LogP contribution in [0, 0.1) is 0 Å². The standard InChI is InChI=1S/C9H18N2O/c1-4-11-7-9(2,3)10-6-5-8(11)12/h10H,4-7H2,1-3H3. The van der Waals surface area contributed by atoms with Gasteiger partial charge in [0.2, 0.25) is 5.91 Å². The van der Waals surface area contributed by atoms with Gasteiger partial charge in [-0.1, -0.05) is 0 Å². The van der Waals surface area contributed by atoms with Gasteiger partial charge >= 0.3 is 0 Å². The molecular weight excluding hydrogens is 152 g/mol. The Labute approximate surface area is 74.1 Å². The summed E-state index contributed by atoms with van der Waals surface area (Å²) in [6, 6.07) is 0. The van der Waals surface area contributed by atoms with Crippen molar-refractivity contribution in [3.05, 3.63) is 0 Å². The van der Waals surface area contributed by atoms with Gasteiger partial charge in [0.05, 0.1) is 0 Å². The summed E-state index contributed by atoms with van der Waals surface area (Å²) in [6.07, 6.45) is 0.636. The zero-order valence-electron chi connectivity index (χ0n) is 8.18. The molecule has 12 heavy (non-hydrogen) atoms. The summed E-state index contributed by atoms with van der Waals surface area (Å²) >= 11 is 0. The van der Waals surface area contributed by atoms with E-state index in [1.54, 1.807) is 0 Å². The third-order valence-electron chi connectivity index (χ3n) is 2.26. The molecule has 1 aliphatic heterocycles. The Morgan fingerprint density at radius 1 is 1.58 bits per heavy atom. The first-order valence-electron chi connectivity index (χ1n) is 4.58. The first kappa shape index (κ1) is 9.52. The lowest BCUT2D eigenvalue weighted by Gasteiger charge is -2.29. The largest absolute Gasteiger partial charge is 0.341 e. The van der Waals surface area contributed by atoms with Gasteiger partial charge in [0, 0.05) is 31.6 Å². The van der Waals surface area contributed by atoms with Gasteiger partial charge < -0.3 is 10.2 Å². The van der Waals surface area contributed by atoms with Crippen molar-refractivity contribution >= 4 is 5.91 Å². The predicted molar refractivity (Wildman–Crippen MR) is 49.0 cm³/mol. The summed E-state index contributed by atoms with van der Waals surface area (Å²) in [5.74, 6) is 0.274. The minimum absolute atomic E-state index is 0.0716. The topological polar surface area (TPSA) is 32.3 Å². The molecule has 1 amide bonds. The van der Waals surface area contributed by atoms with Crippen molar-refractivity contribution in [3.8, 4) is 0 Å². The third-order valence-corrected chi connectivity index (χ3v) is 2.26. The second-order valence-electron chi connectivity index (χ2n) is 3.97. The van der Waals surface area contributed by atoms with Crippen LogP contribution in [0.1, 0.15) is 27.2 Å². The highest BCUT2D eigenvalue weighted by molar-refractivity contribution is 5.76. The van der Waals surface area contributed by atoms with Gasteiger partial charge in [-0.15, -0.1) is 0 Å². The van der Waals surface area contributed by atoms with Crippen molar-refractivity contribution in [2.75, 3.05) is 19.6 Å². The van der Waals surface area contributed by atoms with Crippen LogP contribution in [0.4, 0.5) is 0 Å². The molecule has 1 saturated heterocycles. The number of carbonyl (C=O) groups is 1. The van der Waals surface area contributed by atoms with Crippen LogP contribution in [0.3, 0.4) is 0 Å². The van der Waals surface area contributed by atoms with Crippen molar-refractivity contribution in [2.24, 2.45) is 0 Å². The third kappa shape index (κ3) is 2.21. The summed E-state index contributed by atoms with van der Waals surface area (Å²) in [6.45, 7) is 8.75. The highest BCUT2D eigenvalue weighted by Gasteiger charge is 2.26. The lowest BCUT2D eigenvalue weighted by molar-refractivity contribution is -0.130. The molecule has 0 atom stereocenters. The zero-order chi connectivity index (χ0) is 9.19. The Kier molecular flexibility index (Phi) is 2.73. The van der Waals surface area contributed by atoms with Crippen molar-refractivity contribution in [3.63, 3.8) is 0 Å². The van der Waals surface area contributed by atoms with E-state index < -0.39 is 0 Å². The second kappa shape index (κ2) is 3.44. The van der Waals surface area contributed by atoms with Gasteiger partial charge in [-0.3, -0.25) is 4.79 Å². The zero-order valence-corrected chi connectivity index (χ0v) is 8.18. The SMILES string of the molecule is CCN1CC(C)(C)NCCC1=O. The number of likely N-dealkylation sites (N-methyl/N-ethyl adjacent to an activating group) is 1. The predicted octanol–water partition coefficient (Wildman–Crippen LogP) is 0.607. The van der Waals surface area contributed by atoms with E-state index in [-0.39, 0.29) is 11.4 Å². The van der Waals surface area contributed by atoms with Gasteiger partial charge in [-0.25, -0.2) is 0 Å². The molecule has 70 valence electrons. The van der Waals surface area contributed by atoms with Gasteiger partial charge in [-0.05, 0) is 20.8 Å². The van der Waals surface area contributed by atoms with E-state index >= 15 is 0 Å². The van der Waals surface area contributed by atoms with E-state index in [9.17, 15) is 4.79 Å². The molecule has 1 rings (SSSR count). The Morgan fingerprint density at radius 3 is 2.83 bits per heavy atom. The Bertz CT molecular complexity index is 177. The smallest absolute Gasteiger partial charge is 0.223 e. The fourth-order valence-corrected chi connectivity index (χ4v) is 1.58. The number of hydrogen-bond donors (Lipinski definition) is 1. The average Bonchev–Trinajstić information content (AvgIpc) is 2.10. The maximum absolute atomic E-state index is 11.4. The molecule has 0 aliphatic carbocycles. The minimum Gasteiger partial charge on any atom is -0.341 e. The molecule has 0 saturated carbocycles. The van der Waals surface area contributed by atoms with E-state index in [4.69, 9.17) is 0 Å². The molecule has 0 aromatic rings. The van der Waals surface area contributed by atoms with Crippen LogP contribution in [0.25, 0.3) is 0 Å². The molecule has 0 unspecified atom stereocenters. The van der Waals surface area contributed by atoms with E-state index in [0.29, 0.717) is 6.42 Å². The molecule has 1 fully saturated rings. The van der Waals surface area contributed by atoms with Crippen LogP contribution >= 0.6 is 0 Å². The van der Waals surface area contributed by atoms with Crippen LogP contribution in [0.2, 0.25) is 0 Å². The monoisotopic (exact) mass is 170 g/mol. The number of rotatable bonds is 1. The van der Waals surface area contributed by atoms with Crippen molar-refractivity contribution in [2.45, 2.75) is 32.7 Å². The summed E-state index contributed by atoms with van der Waals surface area (Å²) in [7, 11) is 0. The summed E-state index contributed by atoms with van der Waals surface area (Å²) in [5, 5.41) is 3.35. The Hall–Kier alpha value is -0.570. The summed E-state index contributed by atoms with van der Waals surface area (Å²) < 4.78 is 0. The van der Waals surface area contributed by atoms with E-state index in [0.717, 1.165) is 19.6 Å². The number of nitrogens with one attached hydrogen (secondary N) is 1. The molecule has 3 heteroatoms. The van der Waals surface area contributed by atoms with Gasteiger partial charge in [0.15, 0.2) is 0 Å². The molecule has 0 aromatic carbocycles. The van der Waals surface area contributed by atoms with Crippen LogP contribution in [-0.2, 0) is 4.79 Å². The molecule has 3 nitrogen and oxygen atoms in total. The lowest BCUT2D eigenvalue weighted by atomic mass is 10.1. The molecular formula is C9H18N2O. The van der Waals surface area contributed by atoms with Crippen LogP contribution in [0.15, 0.2) is 0 Å². The molecule has 1 aliphatic rings. The number of carbonyl (C=O) groups excluding carboxylic acids is 1.